The van der Waals surface area contributed by atoms with E-state index in [0.29, 0.717) is 12.3 Å². The number of nitrogens with one attached hydrogen (secondary N) is 1. The summed E-state index contributed by atoms with van der Waals surface area (Å²) in [5, 5.41) is 3.69. The van der Waals surface area contributed by atoms with Crippen LogP contribution in [0, 0.1) is 0 Å². The minimum atomic E-state index is -0.789. The molecule has 0 aliphatic carbocycles. The first kappa shape index (κ1) is 23.6. The van der Waals surface area contributed by atoms with Crippen LogP contribution in [-0.2, 0) is 10.3 Å². The summed E-state index contributed by atoms with van der Waals surface area (Å²) in [4.78, 5) is 12.4. The average molecular weight is 472 g/mol. The maximum atomic E-state index is 12.4. The van der Waals surface area contributed by atoms with Gasteiger partial charge in [0.2, 0.25) is 0 Å². The fourth-order valence-corrected chi connectivity index (χ4v) is 4.18. The molecule has 4 aromatic carbocycles. The Hall–Kier alpha value is -3.60. The lowest BCUT2D eigenvalue weighted by molar-refractivity contribution is 0.0648. The van der Waals surface area contributed by atoms with Gasteiger partial charge in [0.05, 0.1) is 11.4 Å². The molecule has 4 rings (SSSR count). The zero-order valence-corrected chi connectivity index (χ0v) is 19.4. The van der Waals surface area contributed by atoms with Crippen molar-refractivity contribution in [2.45, 2.75) is 11.6 Å². The fourth-order valence-electron chi connectivity index (χ4n) is 4.01. The number of carbonyl (C=O) groups excluding carboxylic acids is 1. The van der Waals surface area contributed by atoms with Crippen LogP contribution in [0.4, 0.5) is 4.79 Å². The van der Waals surface area contributed by atoms with Crippen LogP contribution in [0.5, 0.6) is 5.75 Å². The molecule has 0 radical (unpaired) electrons. The summed E-state index contributed by atoms with van der Waals surface area (Å²) in [7, 11) is 0. The average Bonchev–Trinajstić information content (AvgIpc) is 2.91. The van der Waals surface area contributed by atoms with Gasteiger partial charge in [-0.3, -0.25) is 5.32 Å². The smallest absolute Gasteiger partial charge is 0.428 e. The second-order valence-corrected chi connectivity index (χ2v) is 8.10. The molecule has 4 aromatic rings. The largest absolute Gasteiger partial charge is 0.514 e. The van der Waals surface area contributed by atoms with E-state index in [1.807, 2.05) is 60.7 Å². The third-order valence-corrected chi connectivity index (χ3v) is 5.94. The predicted molar refractivity (Wildman–Crippen MR) is 135 cm³/mol. The van der Waals surface area contributed by atoms with Gasteiger partial charge in [-0.2, -0.15) is 0 Å². The number of benzene rings is 4. The van der Waals surface area contributed by atoms with Gasteiger partial charge < -0.3 is 9.47 Å². The zero-order valence-electron chi connectivity index (χ0n) is 18.6. The molecule has 0 aliphatic heterocycles. The number of ether oxygens (including phenoxy) is 2. The summed E-state index contributed by atoms with van der Waals surface area (Å²) in [6, 6.07) is 39.5. The van der Waals surface area contributed by atoms with Crippen molar-refractivity contribution < 1.29 is 14.3 Å². The van der Waals surface area contributed by atoms with Gasteiger partial charge in [-0.15, -0.1) is 11.6 Å². The predicted octanol–water partition coefficient (Wildman–Crippen LogP) is 6.39. The molecule has 0 amide bonds. The van der Waals surface area contributed by atoms with Crippen LogP contribution in [0.3, 0.4) is 0 Å². The lowest BCUT2D eigenvalue weighted by Gasteiger charge is -2.38. The minimum absolute atomic E-state index is 0.116. The normalized spacial score (nSPS) is 12.0. The highest BCUT2D eigenvalue weighted by Crippen LogP contribution is 2.36. The van der Waals surface area contributed by atoms with Crippen molar-refractivity contribution in [3.8, 4) is 5.75 Å². The van der Waals surface area contributed by atoms with Crippen molar-refractivity contribution in [2.75, 3.05) is 12.4 Å². The summed E-state index contributed by atoms with van der Waals surface area (Å²) >= 11 is 6.21. The summed E-state index contributed by atoms with van der Waals surface area (Å²) in [5.41, 5.74) is 2.51. The zero-order chi connectivity index (χ0) is 23.6. The monoisotopic (exact) mass is 471 g/mol. The molecule has 0 aliphatic rings. The molecule has 4 nitrogen and oxygen atoms in total. The van der Waals surface area contributed by atoms with E-state index in [-0.39, 0.29) is 5.88 Å². The van der Waals surface area contributed by atoms with Crippen LogP contribution in [0.1, 0.15) is 16.7 Å². The maximum Gasteiger partial charge on any atom is 0.514 e. The first-order valence-electron chi connectivity index (χ1n) is 11.1. The number of rotatable bonds is 9. The van der Waals surface area contributed by atoms with E-state index in [9.17, 15) is 4.79 Å². The van der Waals surface area contributed by atoms with Crippen molar-refractivity contribution in [1.29, 1.82) is 0 Å². The molecule has 1 N–H and O–H groups in total. The molecule has 0 heterocycles. The van der Waals surface area contributed by atoms with Crippen molar-refractivity contribution in [2.24, 2.45) is 0 Å². The highest BCUT2D eigenvalue weighted by molar-refractivity contribution is 6.18. The SMILES string of the molecule is O=C(Oc1ccccc1)O[C@H](CCl)CNC(c1ccccc1)(c1ccccc1)c1ccccc1. The number of para-hydroxylation sites is 1. The number of hydrogen-bond acceptors (Lipinski definition) is 4. The summed E-state index contributed by atoms with van der Waals surface area (Å²) in [5.74, 6) is 0.534. The number of carbonyl (C=O) groups is 1. The first-order valence-corrected chi connectivity index (χ1v) is 11.7. The molecule has 0 fully saturated rings. The lowest BCUT2D eigenvalue weighted by atomic mass is 9.77. The van der Waals surface area contributed by atoms with Gasteiger partial charge in [-0.1, -0.05) is 109 Å². The van der Waals surface area contributed by atoms with Crippen LogP contribution in [-0.4, -0.2) is 24.7 Å². The van der Waals surface area contributed by atoms with E-state index in [0.717, 1.165) is 16.7 Å². The third kappa shape index (κ3) is 5.48. The van der Waals surface area contributed by atoms with Crippen LogP contribution >= 0.6 is 11.6 Å². The van der Waals surface area contributed by atoms with Gasteiger partial charge in [-0.05, 0) is 28.8 Å². The topological polar surface area (TPSA) is 47.6 Å². The van der Waals surface area contributed by atoms with Gasteiger partial charge in [0.15, 0.2) is 0 Å². The molecule has 0 bridgehead atoms. The summed E-state index contributed by atoms with van der Waals surface area (Å²) < 4.78 is 10.8. The van der Waals surface area contributed by atoms with Gasteiger partial charge in [0.25, 0.3) is 0 Å². The number of hydrogen-bond donors (Lipinski definition) is 1. The van der Waals surface area contributed by atoms with E-state index in [2.05, 4.69) is 41.7 Å². The molecule has 34 heavy (non-hydrogen) atoms. The fraction of sp³-hybridized carbons (Fsp3) is 0.138. The van der Waals surface area contributed by atoms with Gasteiger partial charge in [0.1, 0.15) is 11.9 Å². The second kappa shape index (κ2) is 11.5. The molecule has 0 spiro atoms. The van der Waals surface area contributed by atoms with Crippen LogP contribution in [0.15, 0.2) is 121 Å². The summed E-state index contributed by atoms with van der Waals surface area (Å²) in [6.45, 7) is 0.312. The van der Waals surface area contributed by atoms with Crippen molar-refractivity contribution in [1.82, 2.24) is 5.32 Å². The van der Waals surface area contributed by atoms with Gasteiger partial charge in [-0.25, -0.2) is 4.79 Å². The Labute approximate surface area is 205 Å². The van der Waals surface area contributed by atoms with Crippen molar-refractivity contribution in [3.63, 3.8) is 0 Å². The Morgan fingerprint density at radius 2 is 1.12 bits per heavy atom. The quantitative estimate of drug-likeness (QED) is 0.133. The van der Waals surface area contributed by atoms with Crippen LogP contribution < -0.4 is 10.1 Å². The van der Waals surface area contributed by atoms with E-state index < -0.39 is 17.8 Å². The molecule has 5 heteroatoms. The molecule has 0 aromatic heterocycles. The standard InChI is InChI=1S/C29H26ClNO3/c30-21-27(34-28(32)33-26-19-11-4-12-20-26)22-31-29(23-13-5-1-6-14-23,24-15-7-2-8-16-24)25-17-9-3-10-18-25/h1-20,27,31H,21-22H2/t27-/m1/s1. The molecule has 1 atom stereocenters. The maximum absolute atomic E-state index is 12.4. The molecule has 172 valence electrons. The van der Waals surface area contributed by atoms with Crippen molar-refractivity contribution in [3.05, 3.63) is 138 Å². The molecule has 0 saturated carbocycles. The molecular formula is C29H26ClNO3. The Balaban J connectivity index is 1.64. The highest BCUT2D eigenvalue weighted by Gasteiger charge is 2.36. The third-order valence-electron chi connectivity index (χ3n) is 5.59. The molecular weight excluding hydrogens is 446 g/mol. The Kier molecular flexibility index (Phi) is 7.97. The Bertz CT molecular complexity index is 1060. The number of halogens is 1. The molecule has 0 unspecified atom stereocenters. The van der Waals surface area contributed by atoms with E-state index in [1.54, 1.807) is 24.3 Å². The van der Waals surface area contributed by atoms with E-state index in [4.69, 9.17) is 21.1 Å². The van der Waals surface area contributed by atoms with Crippen LogP contribution in [0.2, 0.25) is 0 Å². The van der Waals surface area contributed by atoms with Crippen molar-refractivity contribution >= 4 is 17.8 Å². The van der Waals surface area contributed by atoms with Gasteiger partial charge >= 0.3 is 6.16 Å². The second-order valence-electron chi connectivity index (χ2n) is 7.79. The molecule has 0 saturated heterocycles. The highest BCUT2D eigenvalue weighted by atomic mass is 35.5. The number of alkyl halides is 1. The first-order chi connectivity index (χ1) is 16.7. The van der Waals surface area contributed by atoms with E-state index >= 15 is 0 Å². The Morgan fingerprint density at radius 3 is 1.53 bits per heavy atom. The minimum Gasteiger partial charge on any atom is -0.428 e. The van der Waals surface area contributed by atoms with E-state index in [1.165, 1.54) is 0 Å². The lowest BCUT2D eigenvalue weighted by Crippen LogP contribution is -2.48. The van der Waals surface area contributed by atoms with Crippen LogP contribution in [0.25, 0.3) is 0 Å². The summed E-state index contributed by atoms with van der Waals surface area (Å²) in [6.07, 6.45) is -1.39. The Morgan fingerprint density at radius 1 is 0.706 bits per heavy atom. The van der Waals surface area contributed by atoms with Gasteiger partial charge in [0, 0.05) is 6.54 Å².